The van der Waals surface area contributed by atoms with Gasteiger partial charge in [0.25, 0.3) is 0 Å². The van der Waals surface area contributed by atoms with Gasteiger partial charge >= 0.3 is 5.69 Å². The first-order chi connectivity index (χ1) is 9.46. The zero-order valence-electron chi connectivity index (χ0n) is 12.1. The summed E-state index contributed by atoms with van der Waals surface area (Å²) in [5, 5.41) is 11.3. The Hall–Kier alpha value is -2.00. The van der Waals surface area contributed by atoms with E-state index in [-0.39, 0.29) is 29.2 Å². The van der Waals surface area contributed by atoms with Crippen molar-refractivity contribution in [1.29, 1.82) is 0 Å². The van der Waals surface area contributed by atoms with Crippen molar-refractivity contribution in [3.63, 3.8) is 0 Å². The summed E-state index contributed by atoms with van der Waals surface area (Å²) in [5.74, 6) is 5.69. The molecule has 0 amide bonds. The highest BCUT2D eigenvalue weighted by Gasteiger charge is 2.28. The predicted octanol–water partition coefficient (Wildman–Crippen LogP) is 0.840. The van der Waals surface area contributed by atoms with Crippen LogP contribution in [0.2, 0.25) is 0 Å². The number of nitro groups is 1. The average Bonchev–Trinajstić information content (AvgIpc) is 2.38. The number of nitrogens with two attached hydrogens (primary N) is 1. The van der Waals surface area contributed by atoms with Gasteiger partial charge in [-0.1, -0.05) is 0 Å². The minimum Gasteiger partial charge on any atom is -0.383 e. The second-order valence-electron chi connectivity index (χ2n) is 4.30. The molecule has 0 bridgehead atoms. The number of likely N-dealkylation sites (N-methyl/N-ethyl adjacent to an activating group) is 1. The molecule has 1 rings (SSSR count). The molecule has 1 atom stereocenters. The van der Waals surface area contributed by atoms with Crippen LogP contribution >= 0.6 is 0 Å². The van der Waals surface area contributed by atoms with Crippen LogP contribution < -0.4 is 16.2 Å². The number of hydrogen-bond acceptors (Lipinski definition) is 8. The van der Waals surface area contributed by atoms with Gasteiger partial charge in [0.1, 0.15) is 5.69 Å². The number of anilines is 2. The van der Waals surface area contributed by atoms with E-state index in [1.165, 1.54) is 0 Å². The third kappa shape index (κ3) is 3.31. The van der Waals surface area contributed by atoms with Crippen molar-refractivity contribution in [3.05, 3.63) is 15.8 Å². The molecule has 0 saturated carbocycles. The fourth-order valence-corrected chi connectivity index (χ4v) is 2.03. The molecule has 9 heteroatoms. The van der Waals surface area contributed by atoms with E-state index in [0.717, 1.165) is 0 Å². The molecule has 0 aliphatic heterocycles. The van der Waals surface area contributed by atoms with Gasteiger partial charge in [-0.25, -0.2) is 10.8 Å². The van der Waals surface area contributed by atoms with Crippen LogP contribution in [0.3, 0.4) is 0 Å². The summed E-state index contributed by atoms with van der Waals surface area (Å²) in [6, 6.07) is -0.0661. The van der Waals surface area contributed by atoms with Crippen LogP contribution in [0.1, 0.15) is 19.5 Å². The van der Waals surface area contributed by atoms with Crippen molar-refractivity contribution in [2.75, 3.05) is 30.6 Å². The van der Waals surface area contributed by atoms with Crippen LogP contribution in [-0.4, -0.2) is 41.2 Å². The van der Waals surface area contributed by atoms with Gasteiger partial charge in [0.2, 0.25) is 11.8 Å². The van der Waals surface area contributed by atoms with E-state index in [2.05, 4.69) is 15.4 Å². The summed E-state index contributed by atoms with van der Waals surface area (Å²) in [6.07, 6.45) is 0. The Kier molecular flexibility index (Phi) is 5.59. The lowest BCUT2D eigenvalue weighted by atomic mass is 10.2. The molecule has 3 N–H and O–H groups in total. The molecular weight excluding hydrogens is 264 g/mol. The molecule has 1 unspecified atom stereocenters. The number of rotatable bonds is 7. The third-order valence-corrected chi connectivity index (χ3v) is 2.90. The van der Waals surface area contributed by atoms with Crippen molar-refractivity contribution in [2.45, 2.75) is 26.8 Å². The maximum absolute atomic E-state index is 11.3. The first kappa shape index (κ1) is 16.1. The molecule has 1 aromatic heterocycles. The number of hydrazine groups is 1. The van der Waals surface area contributed by atoms with Gasteiger partial charge in [0.05, 0.1) is 17.6 Å². The molecule has 1 aromatic rings. The summed E-state index contributed by atoms with van der Waals surface area (Å²) in [5.41, 5.74) is 2.46. The van der Waals surface area contributed by atoms with Crippen molar-refractivity contribution in [3.8, 4) is 0 Å². The van der Waals surface area contributed by atoms with Crippen LogP contribution in [0.5, 0.6) is 0 Å². The Balaban J connectivity index is 3.37. The predicted molar refractivity (Wildman–Crippen MR) is 75.6 cm³/mol. The Bertz CT molecular complexity index is 481. The molecule has 0 aliphatic rings. The molecule has 0 saturated heterocycles. The van der Waals surface area contributed by atoms with E-state index in [1.807, 2.05) is 13.8 Å². The molecule has 112 valence electrons. The maximum atomic E-state index is 11.3. The summed E-state index contributed by atoms with van der Waals surface area (Å²) >= 11 is 0. The van der Waals surface area contributed by atoms with Gasteiger partial charge in [0.15, 0.2) is 0 Å². The quantitative estimate of drug-likeness (QED) is 0.429. The van der Waals surface area contributed by atoms with Gasteiger partial charge < -0.3 is 9.64 Å². The Morgan fingerprint density at radius 1 is 1.55 bits per heavy atom. The molecule has 20 heavy (non-hydrogen) atoms. The Morgan fingerprint density at radius 2 is 2.20 bits per heavy atom. The third-order valence-electron chi connectivity index (χ3n) is 2.90. The van der Waals surface area contributed by atoms with Crippen molar-refractivity contribution in [2.24, 2.45) is 5.84 Å². The smallest absolute Gasteiger partial charge is 0.332 e. The van der Waals surface area contributed by atoms with Crippen LogP contribution in [0, 0.1) is 17.0 Å². The molecule has 0 radical (unpaired) electrons. The second-order valence-corrected chi connectivity index (χ2v) is 4.30. The maximum Gasteiger partial charge on any atom is 0.332 e. The normalized spacial score (nSPS) is 12.1. The summed E-state index contributed by atoms with van der Waals surface area (Å²) in [6.45, 7) is 6.33. The molecule has 0 spiro atoms. The van der Waals surface area contributed by atoms with Gasteiger partial charge in [-0.2, -0.15) is 4.98 Å². The number of aryl methyl sites for hydroxylation is 1. The van der Waals surface area contributed by atoms with Crippen LogP contribution in [0.25, 0.3) is 0 Å². The fraction of sp³-hybridized carbons (Fsp3) is 0.636. The zero-order chi connectivity index (χ0) is 15.3. The van der Waals surface area contributed by atoms with Crippen LogP contribution in [-0.2, 0) is 4.74 Å². The first-order valence-corrected chi connectivity index (χ1v) is 6.21. The van der Waals surface area contributed by atoms with Crippen LogP contribution in [0.4, 0.5) is 17.5 Å². The van der Waals surface area contributed by atoms with E-state index in [9.17, 15) is 10.1 Å². The number of nitrogen functional groups attached to an aromatic ring is 1. The largest absolute Gasteiger partial charge is 0.383 e. The van der Waals surface area contributed by atoms with Crippen molar-refractivity contribution in [1.82, 2.24) is 9.97 Å². The molecule has 9 nitrogen and oxygen atoms in total. The summed E-state index contributed by atoms with van der Waals surface area (Å²) in [7, 11) is 1.58. The summed E-state index contributed by atoms with van der Waals surface area (Å²) in [4.78, 5) is 20.6. The van der Waals surface area contributed by atoms with Gasteiger partial charge in [0, 0.05) is 13.7 Å². The number of aromatic nitrogens is 2. The highest BCUT2D eigenvalue weighted by molar-refractivity contribution is 5.62. The first-order valence-electron chi connectivity index (χ1n) is 6.21. The molecule has 0 aliphatic carbocycles. The van der Waals surface area contributed by atoms with E-state index < -0.39 is 4.92 Å². The van der Waals surface area contributed by atoms with Crippen molar-refractivity contribution < 1.29 is 9.66 Å². The summed E-state index contributed by atoms with van der Waals surface area (Å²) < 4.78 is 5.10. The molecule has 0 aromatic carbocycles. The van der Waals surface area contributed by atoms with E-state index in [4.69, 9.17) is 10.6 Å². The van der Waals surface area contributed by atoms with Crippen LogP contribution in [0.15, 0.2) is 0 Å². The minimum absolute atomic E-state index is 0.0661. The highest BCUT2D eigenvalue weighted by Crippen LogP contribution is 2.30. The lowest BCUT2D eigenvalue weighted by Gasteiger charge is -2.28. The molecule has 1 heterocycles. The average molecular weight is 284 g/mol. The van der Waals surface area contributed by atoms with Gasteiger partial charge in [-0.05, 0) is 20.8 Å². The highest BCUT2D eigenvalue weighted by atomic mass is 16.6. The molecular formula is C11H20N6O3. The number of ether oxygens (including phenoxy) is 1. The molecule has 0 fully saturated rings. The lowest BCUT2D eigenvalue weighted by Crippen LogP contribution is -2.37. The standard InChI is InChI=1S/C11H20N6O3/c1-5-16(7(2)6-20-4)10-9(17(18)19)8(3)13-11(14-10)15-12/h7H,5-6,12H2,1-4H3,(H,13,14,15). The number of nitrogens with zero attached hydrogens (tertiary/aromatic N) is 4. The van der Waals surface area contributed by atoms with Gasteiger partial charge in [-0.3, -0.25) is 15.5 Å². The monoisotopic (exact) mass is 284 g/mol. The van der Waals surface area contributed by atoms with E-state index in [1.54, 1.807) is 18.9 Å². The number of hydrogen-bond donors (Lipinski definition) is 2. The lowest BCUT2D eigenvalue weighted by molar-refractivity contribution is -0.385. The topological polar surface area (TPSA) is 119 Å². The number of methoxy groups -OCH3 is 1. The Labute approximate surface area is 117 Å². The SMILES string of the molecule is CCN(c1nc(NN)nc(C)c1[N+](=O)[O-])C(C)COC. The van der Waals surface area contributed by atoms with E-state index in [0.29, 0.717) is 13.2 Å². The zero-order valence-corrected chi connectivity index (χ0v) is 12.1. The van der Waals surface area contributed by atoms with E-state index >= 15 is 0 Å². The fourth-order valence-electron chi connectivity index (χ4n) is 2.03. The van der Waals surface area contributed by atoms with Gasteiger partial charge in [-0.15, -0.1) is 0 Å². The second kappa shape index (κ2) is 6.96. The van der Waals surface area contributed by atoms with Crippen molar-refractivity contribution >= 4 is 17.5 Å². The number of nitrogens with one attached hydrogen (secondary N) is 1. The Morgan fingerprint density at radius 3 is 2.65 bits per heavy atom. The minimum atomic E-state index is -0.479.